The molecule has 0 heterocycles. The molecule has 0 aliphatic rings. The summed E-state index contributed by atoms with van der Waals surface area (Å²) >= 11 is 0. The van der Waals surface area contributed by atoms with Crippen LogP contribution in [-0.4, -0.2) is 50.7 Å². The maximum Gasteiger partial charge on any atom is 0.333 e. The Balaban J connectivity index is 1.46. The summed E-state index contributed by atoms with van der Waals surface area (Å²) in [4.78, 5) is 11.2. The Morgan fingerprint density at radius 1 is 0.800 bits per heavy atom. The maximum absolute atomic E-state index is 11.2. The van der Waals surface area contributed by atoms with E-state index in [1.54, 1.807) is 6.92 Å². The molecule has 6 heteroatoms. The van der Waals surface area contributed by atoms with Gasteiger partial charge in [0, 0.05) is 27.1 Å². The Morgan fingerprint density at radius 3 is 1.80 bits per heavy atom. The Morgan fingerprint density at radius 2 is 1.27 bits per heavy atom. The number of ether oxygens (including phenoxy) is 4. The van der Waals surface area contributed by atoms with Crippen LogP contribution in [0.1, 0.15) is 6.92 Å². The van der Waals surface area contributed by atoms with Crippen LogP contribution in [-0.2, 0) is 19.0 Å². The van der Waals surface area contributed by atoms with E-state index >= 15 is 0 Å². The van der Waals surface area contributed by atoms with Crippen molar-refractivity contribution in [3.8, 4) is 11.5 Å². The Kier molecular flexibility index (Phi) is 7.65. The molecule has 0 atom stereocenters. The summed E-state index contributed by atoms with van der Waals surface area (Å²) in [6.07, 6.45) is 0. The van der Waals surface area contributed by atoms with Crippen molar-refractivity contribution in [1.82, 2.24) is 0 Å². The van der Waals surface area contributed by atoms with Crippen LogP contribution < -0.4 is 4.74 Å². The number of hydrogen-bond acceptors (Lipinski definition) is 6. The number of fused-ring (bicyclic) bond motifs is 2. The fourth-order valence-electron chi connectivity index (χ4n) is 3.06. The predicted molar refractivity (Wildman–Crippen MR) is 116 cm³/mol. The van der Waals surface area contributed by atoms with Crippen LogP contribution in [0.15, 0.2) is 60.7 Å². The van der Waals surface area contributed by atoms with E-state index in [9.17, 15) is 9.90 Å². The van der Waals surface area contributed by atoms with Crippen LogP contribution in [0.25, 0.3) is 21.5 Å². The lowest BCUT2D eigenvalue weighted by molar-refractivity contribution is -0.140. The second-order valence-corrected chi connectivity index (χ2v) is 6.76. The molecule has 30 heavy (non-hydrogen) atoms. The van der Waals surface area contributed by atoms with Crippen molar-refractivity contribution in [2.45, 2.75) is 6.92 Å². The zero-order valence-corrected chi connectivity index (χ0v) is 17.1. The lowest BCUT2D eigenvalue weighted by Gasteiger charge is -2.15. The third-order valence-corrected chi connectivity index (χ3v) is 4.51. The molecule has 3 aromatic rings. The maximum atomic E-state index is 11.2. The first-order valence-electron chi connectivity index (χ1n) is 9.83. The highest BCUT2D eigenvalue weighted by Gasteiger charge is 2.13. The summed E-state index contributed by atoms with van der Waals surface area (Å²) in [6, 6.07) is 15.3. The van der Waals surface area contributed by atoms with Gasteiger partial charge in [-0.25, -0.2) is 4.79 Å². The summed E-state index contributed by atoms with van der Waals surface area (Å²) in [5, 5.41) is 13.8. The summed E-state index contributed by atoms with van der Waals surface area (Å²) in [6.45, 7) is 7.19. The number of hydrogen-bond donors (Lipinski definition) is 1. The number of rotatable bonds is 11. The standard InChI is InChI=1S/C24H26O6/c1-17(2)24(26)30-16-14-28-12-11-27-13-15-29-23-20-9-5-3-7-18(20)22(25)19-8-4-6-10-21(19)23/h3-10,25H,1,11-16H2,2H3. The van der Waals surface area contributed by atoms with Gasteiger partial charge < -0.3 is 24.1 Å². The number of carbonyl (C=O) groups excluding carboxylic acids is 1. The van der Waals surface area contributed by atoms with Gasteiger partial charge in [-0.2, -0.15) is 0 Å². The van der Waals surface area contributed by atoms with Crippen molar-refractivity contribution in [2.75, 3.05) is 39.6 Å². The number of benzene rings is 3. The molecule has 0 bridgehead atoms. The van der Waals surface area contributed by atoms with Gasteiger partial charge in [0.25, 0.3) is 0 Å². The van der Waals surface area contributed by atoms with Gasteiger partial charge in [-0.1, -0.05) is 55.1 Å². The molecule has 0 radical (unpaired) electrons. The Labute approximate surface area is 175 Å². The Bertz CT molecular complexity index is 970. The summed E-state index contributed by atoms with van der Waals surface area (Å²) in [5.74, 6) is 0.579. The van der Waals surface area contributed by atoms with Gasteiger partial charge in [0.2, 0.25) is 0 Å². The first-order valence-corrected chi connectivity index (χ1v) is 9.83. The number of aromatic hydroxyl groups is 1. The van der Waals surface area contributed by atoms with E-state index in [1.165, 1.54) is 0 Å². The molecular formula is C24H26O6. The summed E-state index contributed by atoms with van der Waals surface area (Å²) < 4.78 is 21.9. The fourth-order valence-corrected chi connectivity index (χ4v) is 3.06. The average Bonchev–Trinajstić information content (AvgIpc) is 2.76. The summed E-state index contributed by atoms with van der Waals surface area (Å²) in [7, 11) is 0. The van der Waals surface area contributed by atoms with Gasteiger partial charge in [0.1, 0.15) is 24.7 Å². The third-order valence-electron chi connectivity index (χ3n) is 4.51. The van der Waals surface area contributed by atoms with Crippen LogP contribution in [0.4, 0.5) is 0 Å². The molecule has 6 nitrogen and oxygen atoms in total. The smallest absolute Gasteiger partial charge is 0.333 e. The van der Waals surface area contributed by atoms with Gasteiger partial charge in [0.15, 0.2) is 0 Å². The molecule has 0 unspecified atom stereocenters. The zero-order chi connectivity index (χ0) is 21.3. The minimum atomic E-state index is -0.415. The van der Waals surface area contributed by atoms with Gasteiger partial charge in [-0.15, -0.1) is 0 Å². The van der Waals surface area contributed by atoms with Crippen LogP contribution in [0.5, 0.6) is 11.5 Å². The lowest BCUT2D eigenvalue weighted by atomic mass is 10.0. The van der Waals surface area contributed by atoms with Crippen molar-refractivity contribution < 1.29 is 28.8 Å². The SMILES string of the molecule is C=C(C)C(=O)OCCOCCOCCOc1c2ccccc2c(O)c2ccccc12. The zero-order valence-electron chi connectivity index (χ0n) is 17.1. The van der Waals surface area contributed by atoms with Crippen LogP contribution in [0.3, 0.4) is 0 Å². The molecule has 3 aromatic carbocycles. The van der Waals surface area contributed by atoms with Crippen molar-refractivity contribution in [1.29, 1.82) is 0 Å². The molecule has 0 spiro atoms. The van der Waals surface area contributed by atoms with E-state index in [0.717, 1.165) is 27.3 Å². The fraction of sp³-hybridized carbons (Fsp3) is 0.292. The molecule has 0 amide bonds. The summed E-state index contributed by atoms with van der Waals surface area (Å²) in [5.41, 5.74) is 0.368. The van der Waals surface area contributed by atoms with Crippen LogP contribution in [0, 0.1) is 0 Å². The van der Waals surface area contributed by atoms with E-state index in [-0.39, 0.29) is 12.4 Å². The Hall–Kier alpha value is -3.09. The molecule has 0 saturated heterocycles. The van der Waals surface area contributed by atoms with Gasteiger partial charge >= 0.3 is 5.97 Å². The van der Waals surface area contributed by atoms with Crippen molar-refractivity contribution >= 4 is 27.5 Å². The normalized spacial score (nSPS) is 11.0. The van der Waals surface area contributed by atoms with Crippen LogP contribution >= 0.6 is 0 Å². The minimum Gasteiger partial charge on any atom is -0.507 e. The molecule has 0 aliphatic heterocycles. The van der Waals surface area contributed by atoms with E-state index in [4.69, 9.17) is 18.9 Å². The molecule has 158 valence electrons. The van der Waals surface area contributed by atoms with Gasteiger partial charge in [-0.3, -0.25) is 0 Å². The second-order valence-electron chi connectivity index (χ2n) is 6.76. The molecule has 0 saturated carbocycles. The van der Waals surface area contributed by atoms with Gasteiger partial charge in [-0.05, 0) is 6.92 Å². The van der Waals surface area contributed by atoms with E-state index in [0.29, 0.717) is 38.6 Å². The number of phenolic OH excluding ortho intramolecular Hbond substituents is 1. The molecule has 0 fully saturated rings. The first kappa shape index (κ1) is 21.6. The molecule has 0 aromatic heterocycles. The lowest BCUT2D eigenvalue weighted by Crippen LogP contribution is -2.14. The van der Waals surface area contributed by atoms with Gasteiger partial charge in [0.05, 0.1) is 26.4 Å². The molecule has 1 N–H and O–H groups in total. The van der Waals surface area contributed by atoms with Crippen molar-refractivity contribution in [3.05, 3.63) is 60.7 Å². The molecule has 0 aliphatic carbocycles. The molecule has 3 rings (SSSR count). The number of carbonyl (C=O) groups is 1. The highest BCUT2D eigenvalue weighted by Crippen LogP contribution is 2.41. The quantitative estimate of drug-likeness (QED) is 0.221. The minimum absolute atomic E-state index is 0.190. The van der Waals surface area contributed by atoms with E-state index in [2.05, 4.69) is 6.58 Å². The highest BCUT2D eigenvalue weighted by molar-refractivity contribution is 6.10. The van der Waals surface area contributed by atoms with E-state index in [1.807, 2.05) is 48.5 Å². The van der Waals surface area contributed by atoms with E-state index < -0.39 is 5.97 Å². The first-order chi connectivity index (χ1) is 14.6. The topological polar surface area (TPSA) is 74.2 Å². The number of phenols is 1. The second kappa shape index (κ2) is 10.6. The van der Waals surface area contributed by atoms with Crippen molar-refractivity contribution in [3.63, 3.8) is 0 Å². The van der Waals surface area contributed by atoms with Crippen molar-refractivity contribution in [2.24, 2.45) is 0 Å². The molecular weight excluding hydrogens is 384 g/mol. The predicted octanol–water partition coefficient (Wildman–Crippen LogP) is 4.23. The van der Waals surface area contributed by atoms with Crippen LogP contribution in [0.2, 0.25) is 0 Å². The highest BCUT2D eigenvalue weighted by atomic mass is 16.6. The largest absolute Gasteiger partial charge is 0.507 e. The number of esters is 1. The average molecular weight is 410 g/mol. The third kappa shape index (κ3) is 5.28. The monoisotopic (exact) mass is 410 g/mol.